The lowest BCUT2D eigenvalue weighted by molar-refractivity contribution is -0.137. The second-order valence-electron chi connectivity index (χ2n) is 5.02. The Kier molecular flexibility index (Phi) is 3.44. The molecule has 3 rings (SSSR count). The van der Waals surface area contributed by atoms with Crippen molar-refractivity contribution >= 4 is 33.3 Å². The standard InChI is InChI=1S/C15H15NO3S/c17-14(18)7-8-16(11-5-6-11)15(19)13-9-10-3-1-2-4-12(10)20-13/h1-4,9,11H,5-8H2,(H,17,18). The average Bonchev–Trinajstić information content (AvgIpc) is 3.16. The van der Waals surface area contributed by atoms with Crippen LogP contribution in [0.4, 0.5) is 0 Å². The molecule has 104 valence electrons. The van der Waals surface area contributed by atoms with Gasteiger partial charge in [0.25, 0.3) is 5.91 Å². The van der Waals surface area contributed by atoms with E-state index < -0.39 is 5.97 Å². The maximum atomic E-state index is 12.6. The van der Waals surface area contributed by atoms with Crippen molar-refractivity contribution in [1.82, 2.24) is 4.90 Å². The molecule has 0 unspecified atom stereocenters. The lowest BCUT2D eigenvalue weighted by Crippen LogP contribution is -2.34. The van der Waals surface area contributed by atoms with E-state index in [1.165, 1.54) is 11.3 Å². The molecule has 1 aromatic carbocycles. The molecule has 1 aromatic heterocycles. The summed E-state index contributed by atoms with van der Waals surface area (Å²) in [6, 6.07) is 10.0. The summed E-state index contributed by atoms with van der Waals surface area (Å²) in [5, 5.41) is 9.86. The highest BCUT2D eigenvalue weighted by Crippen LogP contribution is 2.32. The number of hydrogen-bond acceptors (Lipinski definition) is 3. The largest absolute Gasteiger partial charge is 0.481 e. The number of fused-ring (bicyclic) bond motifs is 1. The molecule has 2 aromatic rings. The number of carbonyl (C=O) groups excluding carboxylic acids is 1. The number of carboxylic acid groups (broad SMARTS) is 1. The van der Waals surface area contributed by atoms with E-state index in [9.17, 15) is 9.59 Å². The van der Waals surface area contributed by atoms with Crippen molar-refractivity contribution in [3.8, 4) is 0 Å². The second-order valence-corrected chi connectivity index (χ2v) is 6.11. The Hall–Kier alpha value is -1.88. The Bertz CT molecular complexity index is 627. The maximum absolute atomic E-state index is 12.6. The van der Waals surface area contributed by atoms with E-state index in [4.69, 9.17) is 5.11 Å². The molecular weight excluding hydrogens is 274 g/mol. The van der Waals surface area contributed by atoms with E-state index in [-0.39, 0.29) is 18.4 Å². The van der Waals surface area contributed by atoms with Gasteiger partial charge in [0.2, 0.25) is 0 Å². The average molecular weight is 289 g/mol. The summed E-state index contributed by atoms with van der Waals surface area (Å²) in [6.45, 7) is 0.299. The Balaban J connectivity index is 1.82. The van der Waals surface area contributed by atoms with Crippen LogP contribution >= 0.6 is 11.3 Å². The number of benzene rings is 1. The van der Waals surface area contributed by atoms with E-state index in [1.54, 1.807) is 4.90 Å². The fourth-order valence-electron chi connectivity index (χ4n) is 2.28. The molecule has 1 fully saturated rings. The van der Waals surface area contributed by atoms with Gasteiger partial charge in [-0.05, 0) is 30.4 Å². The van der Waals surface area contributed by atoms with Gasteiger partial charge in [-0.1, -0.05) is 18.2 Å². The lowest BCUT2D eigenvalue weighted by Gasteiger charge is -2.20. The van der Waals surface area contributed by atoms with Crippen LogP contribution in [0.3, 0.4) is 0 Å². The van der Waals surface area contributed by atoms with E-state index in [0.717, 1.165) is 22.9 Å². The summed E-state index contributed by atoms with van der Waals surface area (Å²) in [5.41, 5.74) is 0. The zero-order valence-corrected chi connectivity index (χ0v) is 11.7. The Morgan fingerprint density at radius 3 is 2.70 bits per heavy atom. The van der Waals surface area contributed by atoms with E-state index >= 15 is 0 Å². The maximum Gasteiger partial charge on any atom is 0.305 e. The summed E-state index contributed by atoms with van der Waals surface area (Å²) in [7, 11) is 0. The molecule has 0 bridgehead atoms. The smallest absolute Gasteiger partial charge is 0.305 e. The molecule has 5 heteroatoms. The molecule has 1 aliphatic carbocycles. The van der Waals surface area contributed by atoms with Crippen molar-refractivity contribution in [2.24, 2.45) is 0 Å². The third kappa shape index (κ3) is 2.67. The Labute approximate surface area is 120 Å². The minimum atomic E-state index is -0.861. The van der Waals surface area contributed by atoms with Crippen LogP contribution in [-0.4, -0.2) is 34.5 Å². The molecule has 20 heavy (non-hydrogen) atoms. The highest BCUT2D eigenvalue weighted by atomic mass is 32.1. The van der Waals surface area contributed by atoms with Gasteiger partial charge in [0.1, 0.15) is 0 Å². The van der Waals surface area contributed by atoms with Crippen LogP contribution in [0.25, 0.3) is 10.1 Å². The quantitative estimate of drug-likeness (QED) is 0.920. The van der Waals surface area contributed by atoms with Crippen molar-refractivity contribution in [3.05, 3.63) is 35.2 Å². The summed E-state index contributed by atoms with van der Waals surface area (Å²) in [5.74, 6) is -0.894. The third-order valence-corrected chi connectivity index (χ3v) is 4.56. The summed E-state index contributed by atoms with van der Waals surface area (Å²) in [6.07, 6.45) is 1.97. The number of nitrogens with zero attached hydrogens (tertiary/aromatic N) is 1. The first-order chi connectivity index (χ1) is 9.65. The predicted molar refractivity (Wildman–Crippen MR) is 78.1 cm³/mol. The summed E-state index contributed by atoms with van der Waals surface area (Å²) >= 11 is 1.47. The minimum absolute atomic E-state index is 0.00708. The van der Waals surface area contributed by atoms with Crippen LogP contribution in [0.5, 0.6) is 0 Å². The van der Waals surface area contributed by atoms with E-state index in [2.05, 4.69) is 0 Å². The van der Waals surface area contributed by atoms with Gasteiger partial charge in [0.15, 0.2) is 0 Å². The fourth-order valence-corrected chi connectivity index (χ4v) is 3.30. The zero-order chi connectivity index (χ0) is 14.1. The van der Waals surface area contributed by atoms with Gasteiger partial charge in [0, 0.05) is 17.3 Å². The second kappa shape index (κ2) is 5.25. The van der Waals surface area contributed by atoms with Crippen molar-refractivity contribution in [3.63, 3.8) is 0 Å². The molecule has 0 aliphatic heterocycles. The van der Waals surface area contributed by atoms with Gasteiger partial charge in [-0.25, -0.2) is 0 Å². The van der Waals surface area contributed by atoms with E-state index in [1.807, 2.05) is 30.3 Å². The van der Waals surface area contributed by atoms with Gasteiger partial charge >= 0.3 is 5.97 Å². The predicted octanol–water partition coefficient (Wildman–Crippen LogP) is 2.98. The molecule has 0 saturated heterocycles. The SMILES string of the molecule is O=C(O)CCN(C(=O)c1cc2ccccc2s1)C1CC1. The number of thiophene rings is 1. The number of carboxylic acids is 1. The van der Waals surface area contributed by atoms with Gasteiger partial charge in [-0.15, -0.1) is 11.3 Å². The van der Waals surface area contributed by atoms with Gasteiger partial charge in [-0.2, -0.15) is 0 Å². The molecule has 0 atom stereocenters. The lowest BCUT2D eigenvalue weighted by atomic mass is 10.2. The molecule has 4 nitrogen and oxygen atoms in total. The molecule has 1 aliphatic rings. The fraction of sp³-hybridized carbons (Fsp3) is 0.333. The van der Waals surface area contributed by atoms with Crippen LogP contribution < -0.4 is 0 Å². The van der Waals surface area contributed by atoms with Crippen LogP contribution in [0.2, 0.25) is 0 Å². The van der Waals surface area contributed by atoms with Crippen LogP contribution in [-0.2, 0) is 4.79 Å². The van der Waals surface area contributed by atoms with Crippen LogP contribution in [0, 0.1) is 0 Å². The highest BCUT2D eigenvalue weighted by Gasteiger charge is 2.33. The van der Waals surface area contributed by atoms with E-state index in [0.29, 0.717) is 11.4 Å². The van der Waals surface area contributed by atoms with Gasteiger partial charge in [0.05, 0.1) is 11.3 Å². The van der Waals surface area contributed by atoms with Gasteiger partial charge in [-0.3, -0.25) is 9.59 Å². The summed E-state index contributed by atoms with van der Waals surface area (Å²) in [4.78, 5) is 25.7. The normalized spacial score (nSPS) is 14.4. The topological polar surface area (TPSA) is 57.6 Å². The van der Waals surface area contributed by atoms with Crippen molar-refractivity contribution < 1.29 is 14.7 Å². The first-order valence-corrected chi connectivity index (χ1v) is 7.48. The highest BCUT2D eigenvalue weighted by molar-refractivity contribution is 7.20. The zero-order valence-electron chi connectivity index (χ0n) is 10.9. The first-order valence-electron chi connectivity index (χ1n) is 6.66. The molecular formula is C15H15NO3S. The van der Waals surface area contributed by atoms with Crippen LogP contribution in [0.15, 0.2) is 30.3 Å². The molecule has 0 spiro atoms. The number of hydrogen-bond donors (Lipinski definition) is 1. The molecule has 1 heterocycles. The Morgan fingerprint density at radius 1 is 1.30 bits per heavy atom. The summed E-state index contributed by atoms with van der Waals surface area (Å²) < 4.78 is 1.09. The van der Waals surface area contributed by atoms with Crippen molar-refractivity contribution in [1.29, 1.82) is 0 Å². The first kappa shape index (κ1) is 13.1. The number of carbonyl (C=O) groups is 2. The number of rotatable bonds is 5. The number of aliphatic carboxylic acids is 1. The molecule has 0 radical (unpaired) electrons. The van der Waals surface area contributed by atoms with Crippen LogP contribution in [0.1, 0.15) is 28.9 Å². The van der Waals surface area contributed by atoms with Crippen molar-refractivity contribution in [2.45, 2.75) is 25.3 Å². The Morgan fingerprint density at radius 2 is 2.05 bits per heavy atom. The molecule has 1 N–H and O–H groups in total. The molecule has 1 saturated carbocycles. The third-order valence-electron chi connectivity index (χ3n) is 3.45. The molecule has 1 amide bonds. The minimum Gasteiger partial charge on any atom is -0.481 e. The number of amides is 1. The van der Waals surface area contributed by atoms with Gasteiger partial charge < -0.3 is 10.0 Å². The van der Waals surface area contributed by atoms with Crippen molar-refractivity contribution in [2.75, 3.05) is 6.54 Å². The monoisotopic (exact) mass is 289 g/mol.